The van der Waals surface area contributed by atoms with Crippen molar-refractivity contribution in [1.29, 1.82) is 0 Å². The van der Waals surface area contributed by atoms with E-state index in [1.165, 1.54) is 0 Å². The summed E-state index contributed by atoms with van der Waals surface area (Å²) in [5.41, 5.74) is 1.59. The molecular formula is C22H29N3O3. The first-order chi connectivity index (χ1) is 13.8. The van der Waals surface area contributed by atoms with Crippen LogP contribution in [0.4, 0.5) is 0 Å². The van der Waals surface area contributed by atoms with Crippen molar-refractivity contribution in [3.63, 3.8) is 0 Å². The second-order valence-electron chi connectivity index (χ2n) is 7.76. The van der Waals surface area contributed by atoms with E-state index in [-0.39, 0.29) is 12.5 Å². The van der Waals surface area contributed by atoms with Crippen LogP contribution in [0.15, 0.2) is 36.5 Å². The molecule has 0 saturated carbocycles. The van der Waals surface area contributed by atoms with Crippen LogP contribution in [-0.4, -0.2) is 77.8 Å². The number of rotatable bonds is 5. The Labute approximate surface area is 166 Å². The van der Waals surface area contributed by atoms with Crippen LogP contribution in [0.5, 0.6) is 0 Å². The Morgan fingerprint density at radius 2 is 2.00 bits per heavy atom. The van der Waals surface area contributed by atoms with Gasteiger partial charge in [0.15, 0.2) is 0 Å². The zero-order valence-corrected chi connectivity index (χ0v) is 16.3. The maximum atomic E-state index is 13.3. The van der Waals surface area contributed by atoms with Crippen molar-refractivity contribution in [2.75, 3.05) is 46.0 Å². The number of hydrogen-bond acceptors (Lipinski definition) is 5. The summed E-state index contributed by atoms with van der Waals surface area (Å²) in [6, 6.07) is 10.1. The highest BCUT2D eigenvalue weighted by molar-refractivity contribution is 6.06. The van der Waals surface area contributed by atoms with Crippen molar-refractivity contribution in [3.05, 3.63) is 42.1 Å². The minimum absolute atomic E-state index is 0.0908. The highest BCUT2D eigenvalue weighted by atomic mass is 16.5. The normalized spacial score (nSPS) is 23.8. The van der Waals surface area contributed by atoms with Gasteiger partial charge < -0.3 is 14.7 Å². The van der Waals surface area contributed by atoms with Crippen molar-refractivity contribution < 1.29 is 14.6 Å². The molecule has 1 aromatic heterocycles. The van der Waals surface area contributed by atoms with Crippen molar-refractivity contribution in [2.45, 2.75) is 25.3 Å². The number of para-hydroxylation sites is 1. The quantitative estimate of drug-likeness (QED) is 0.857. The van der Waals surface area contributed by atoms with Crippen molar-refractivity contribution in [3.8, 4) is 0 Å². The van der Waals surface area contributed by atoms with E-state index in [0.29, 0.717) is 12.0 Å². The van der Waals surface area contributed by atoms with Crippen LogP contribution in [-0.2, 0) is 4.74 Å². The van der Waals surface area contributed by atoms with Gasteiger partial charge in [-0.05, 0) is 37.3 Å². The molecule has 3 heterocycles. The molecule has 1 amide bonds. The molecule has 150 valence electrons. The van der Waals surface area contributed by atoms with E-state index < -0.39 is 0 Å². The van der Waals surface area contributed by atoms with Gasteiger partial charge in [0.1, 0.15) is 0 Å². The topological polar surface area (TPSA) is 65.9 Å². The number of benzene rings is 1. The van der Waals surface area contributed by atoms with E-state index in [2.05, 4.69) is 9.88 Å². The molecule has 2 aromatic rings. The summed E-state index contributed by atoms with van der Waals surface area (Å²) >= 11 is 0. The number of ether oxygens (including phenoxy) is 1. The standard InChI is InChI=1S/C22H29N3O3/c26-13-3-4-17-16-25(10-8-21(17)24-11-14-28-15-12-24)22(27)19-7-9-23-20-6-2-1-5-18(19)20/h1-2,5-7,9,17,21,26H,3-4,8,10-16H2/t17-,21+/m1/s1. The molecule has 0 radical (unpaired) electrons. The van der Waals surface area contributed by atoms with E-state index >= 15 is 0 Å². The molecule has 0 aliphatic carbocycles. The number of aliphatic hydroxyl groups is 1. The number of fused-ring (bicyclic) bond motifs is 1. The summed E-state index contributed by atoms with van der Waals surface area (Å²) in [4.78, 5) is 22.2. The Balaban J connectivity index is 1.53. The lowest BCUT2D eigenvalue weighted by atomic mass is 9.86. The summed E-state index contributed by atoms with van der Waals surface area (Å²) in [6.07, 6.45) is 4.43. The first kappa shape index (κ1) is 19.3. The average molecular weight is 383 g/mol. The molecular weight excluding hydrogens is 354 g/mol. The molecule has 6 heteroatoms. The lowest BCUT2D eigenvalue weighted by Crippen LogP contribution is -2.55. The lowest BCUT2D eigenvalue weighted by molar-refractivity contribution is -0.0196. The molecule has 1 N–H and O–H groups in total. The zero-order valence-electron chi connectivity index (χ0n) is 16.3. The van der Waals surface area contributed by atoms with Crippen LogP contribution in [0.2, 0.25) is 0 Å². The number of nitrogens with zero attached hydrogens (tertiary/aromatic N) is 3. The number of aromatic nitrogens is 1. The van der Waals surface area contributed by atoms with Gasteiger partial charge in [-0.1, -0.05) is 18.2 Å². The number of hydrogen-bond donors (Lipinski definition) is 1. The van der Waals surface area contributed by atoms with Crippen LogP contribution < -0.4 is 0 Å². The predicted molar refractivity (Wildman–Crippen MR) is 108 cm³/mol. The zero-order chi connectivity index (χ0) is 19.3. The van der Waals surface area contributed by atoms with Gasteiger partial charge in [0.25, 0.3) is 5.91 Å². The van der Waals surface area contributed by atoms with Gasteiger partial charge >= 0.3 is 0 Å². The molecule has 2 atom stereocenters. The maximum Gasteiger partial charge on any atom is 0.254 e. The molecule has 2 saturated heterocycles. The van der Waals surface area contributed by atoms with Crippen LogP contribution in [0, 0.1) is 5.92 Å². The smallest absolute Gasteiger partial charge is 0.254 e. The first-order valence-corrected chi connectivity index (χ1v) is 10.3. The van der Waals surface area contributed by atoms with E-state index in [1.807, 2.05) is 35.2 Å². The third kappa shape index (κ3) is 4.04. The van der Waals surface area contributed by atoms with Gasteiger partial charge in [-0.15, -0.1) is 0 Å². The first-order valence-electron chi connectivity index (χ1n) is 10.3. The van der Waals surface area contributed by atoms with Gasteiger partial charge in [0.2, 0.25) is 0 Å². The molecule has 6 nitrogen and oxygen atoms in total. The van der Waals surface area contributed by atoms with Crippen molar-refractivity contribution >= 4 is 16.8 Å². The summed E-state index contributed by atoms with van der Waals surface area (Å²) in [5.74, 6) is 0.476. The highest BCUT2D eigenvalue weighted by Gasteiger charge is 2.35. The van der Waals surface area contributed by atoms with Gasteiger partial charge in [-0.2, -0.15) is 0 Å². The fourth-order valence-corrected chi connectivity index (χ4v) is 4.68. The number of amides is 1. The molecule has 28 heavy (non-hydrogen) atoms. The molecule has 0 unspecified atom stereocenters. The van der Waals surface area contributed by atoms with E-state index in [4.69, 9.17) is 4.74 Å². The number of morpholine rings is 1. The molecule has 0 bridgehead atoms. The van der Waals surface area contributed by atoms with Crippen LogP contribution in [0.1, 0.15) is 29.6 Å². The van der Waals surface area contributed by atoms with Gasteiger partial charge in [0, 0.05) is 50.4 Å². The second-order valence-corrected chi connectivity index (χ2v) is 7.76. The number of carbonyl (C=O) groups excluding carboxylic acids is 1. The number of carbonyl (C=O) groups is 1. The Kier molecular flexibility index (Phi) is 6.20. The minimum Gasteiger partial charge on any atom is -0.396 e. The largest absolute Gasteiger partial charge is 0.396 e. The minimum atomic E-state index is 0.0908. The summed E-state index contributed by atoms with van der Waals surface area (Å²) < 4.78 is 5.51. The Morgan fingerprint density at radius 3 is 2.82 bits per heavy atom. The SMILES string of the molecule is O=C(c1ccnc2ccccc12)N1CC[C@H](N2CCOCC2)[C@H](CCCO)C1. The number of pyridine rings is 1. The molecule has 2 aliphatic rings. The lowest BCUT2D eigenvalue weighted by Gasteiger charge is -2.45. The van der Waals surface area contributed by atoms with Crippen LogP contribution >= 0.6 is 0 Å². The monoisotopic (exact) mass is 383 g/mol. The van der Waals surface area contributed by atoms with Gasteiger partial charge in [-0.25, -0.2) is 0 Å². The second kappa shape index (κ2) is 8.99. The summed E-state index contributed by atoms with van der Waals surface area (Å²) in [7, 11) is 0. The van der Waals surface area contributed by atoms with Crippen molar-refractivity contribution in [2.24, 2.45) is 5.92 Å². The van der Waals surface area contributed by atoms with E-state index in [1.54, 1.807) is 6.20 Å². The van der Waals surface area contributed by atoms with Gasteiger partial charge in [-0.3, -0.25) is 14.7 Å². The molecule has 1 aromatic carbocycles. The third-order valence-corrected chi connectivity index (χ3v) is 6.11. The highest BCUT2D eigenvalue weighted by Crippen LogP contribution is 2.29. The van der Waals surface area contributed by atoms with E-state index in [0.717, 1.165) is 75.1 Å². The van der Waals surface area contributed by atoms with Crippen molar-refractivity contribution in [1.82, 2.24) is 14.8 Å². The molecule has 4 rings (SSSR count). The number of aliphatic hydroxyl groups excluding tert-OH is 1. The Bertz CT molecular complexity index is 801. The number of likely N-dealkylation sites (tertiary alicyclic amines) is 1. The Morgan fingerprint density at radius 1 is 1.18 bits per heavy atom. The molecule has 2 fully saturated rings. The predicted octanol–water partition coefficient (Wildman–Crippen LogP) is 2.17. The fourth-order valence-electron chi connectivity index (χ4n) is 4.68. The average Bonchev–Trinajstić information content (AvgIpc) is 2.77. The third-order valence-electron chi connectivity index (χ3n) is 6.11. The summed E-state index contributed by atoms with van der Waals surface area (Å²) in [5, 5.41) is 10.3. The van der Waals surface area contributed by atoms with Gasteiger partial charge in [0.05, 0.1) is 24.3 Å². The van der Waals surface area contributed by atoms with Crippen LogP contribution in [0.25, 0.3) is 10.9 Å². The fraction of sp³-hybridized carbons (Fsp3) is 0.545. The number of piperidine rings is 1. The maximum absolute atomic E-state index is 13.3. The van der Waals surface area contributed by atoms with Crippen LogP contribution in [0.3, 0.4) is 0 Å². The van der Waals surface area contributed by atoms with E-state index in [9.17, 15) is 9.90 Å². The molecule has 0 spiro atoms. The Hall–Kier alpha value is -2.02. The summed E-state index contributed by atoms with van der Waals surface area (Å²) in [6.45, 7) is 5.22. The molecule has 2 aliphatic heterocycles.